The van der Waals surface area contributed by atoms with Crippen LogP contribution in [0.5, 0.6) is 5.75 Å². The second-order valence-electron chi connectivity index (χ2n) is 8.46. The number of nitrogens with one attached hydrogen (secondary N) is 1. The van der Waals surface area contributed by atoms with Gasteiger partial charge in [-0.2, -0.15) is 0 Å². The van der Waals surface area contributed by atoms with Crippen molar-refractivity contribution in [2.75, 3.05) is 19.3 Å². The van der Waals surface area contributed by atoms with Gasteiger partial charge in [0.1, 0.15) is 11.9 Å². The molecule has 2 atom stereocenters. The lowest BCUT2D eigenvalue weighted by Crippen LogP contribution is -2.47. The molecule has 2 aliphatic rings. The van der Waals surface area contributed by atoms with Crippen molar-refractivity contribution in [2.24, 2.45) is 0 Å². The van der Waals surface area contributed by atoms with Crippen molar-refractivity contribution in [3.05, 3.63) is 58.7 Å². The van der Waals surface area contributed by atoms with Crippen LogP contribution in [-0.2, 0) is 19.4 Å². The quantitative estimate of drug-likeness (QED) is 0.655. The highest BCUT2D eigenvalue weighted by molar-refractivity contribution is 7.98. The maximum Gasteiger partial charge on any atom is 0.255 e. The van der Waals surface area contributed by atoms with E-state index in [1.54, 1.807) is 11.8 Å². The van der Waals surface area contributed by atoms with E-state index in [2.05, 4.69) is 54.4 Å². The van der Waals surface area contributed by atoms with Crippen molar-refractivity contribution < 1.29 is 9.53 Å². The van der Waals surface area contributed by atoms with Gasteiger partial charge in [-0.3, -0.25) is 9.69 Å². The molecule has 5 heteroatoms. The number of carbonyl (C=O) groups excluding carboxylic acids is 1. The molecule has 0 saturated heterocycles. The highest BCUT2D eigenvalue weighted by Crippen LogP contribution is 2.36. The molecular weight excluding hydrogens is 392 g/mol. The van der Waals surface area contributed by atoms with Crippen molar-refractivity contribution in [1.29, 1.82) is 0 Å². The first-order chi connectivity index (χ1) is 14.6. The number of thioether (sulfide) groups is 1. The summed E-state index contributed by atoms with van der Waals surface area (Å²) in [5.41, 5.74) is 4.66. The number of carbonyl (C=O) groups is 1. The minimum atomic E-state index is -0.0226. The Bertz CT molecular complexity index is 914. The van der Waals surface area contributed by atoms with Gasteiger partial charge in [0.05, 0.1) is 5.56 Å². The van der Waals surface area contributed by atoms with Gasteiger partial charge in [-0.1, -0.05) is 37.6 Å². The van der Waals surface area contributed by atoms with Gasteiger partial charge in [0.15, 0.2) is 0 Å². The zero-order valence-electron chi connectivity index (χ0n) is 18.2. The van der Waals surface area contributed by atoms with Gasteiger partial charge in [-0.05, 0) is 61.4 Å². The van der Waals surface area contributed by atoms with Gasteiger partial charge >= 0.3 is 0 Å². The molecule has 0 saturated carbocycles. The van der Waals surface area contributed by atoms with E-state index in [9.17, 15) is 4.79 Å². The minimum absolute atomic E-state index is 0.0226. The fourth-order valence-electron chi connectivity index (χ4n) is 4.56. The summed E-state index contributed by atoms with van der Waals surface area (Å²) < 4.78 is 5.99. The summed E-state index contributed by atoms with van der Waals surface area (Å²) in [6.45, 7) is 6.99. The lowest BCUT2D eigenvalue weighted by Gasteiger charge is -2.37. The number of fused-ring (bicyclic) bond motifs is 2. The van der Waals surface area contributed by atoms with Crippen molar-refractivity contribution in [2.45, 2.75) is 63.1 Å². The molecule has 2 aromatic carbocycles. The Morgan fingerprint density at radius 2 is 2.00 bits per heavy atom. The van der Waals surface area contributed by atoms with Gasteiger partial charge < -0.3 is 10.1 Å². The Labute approximate surface area is 184 Å². The molecule has 30 heavy (non-hydrogen) atoms. The number of unbranched alkanes of at least 4 members (excludes halogenated alkanes) is 1. The van der Waals surface area contributed by atoms with Crippen molar-refractivity contribution >= 4 is 17.7 Å². The summed E-state index contributed by atoms with van der Waals surface area (Å²) in [6.07, 6.45) is 6.39. The van der Waals surface area contributed by atoms with Gasteiger partial charge in [0.2, 0.25) is 0 Å². The predicted octanol–water partition coefficient (Wildman–Crippen LogP) is 4.69. The number of benzene rings is 2. The van der Waals surface area contributed by atoms with Crippen LogP contribution in [-0.4, -0.2) is 42.3 Å². The lowest BCUT2D eigenvalue weighted by atomic mass is 9.93. The second-order valence-corrected chi connectivity index (χ2v) is 9.34. The molecule has 4 rings (SSSR count). The lowest BCUT2D eigenvalue weighted by molar-refractivity contribution is 0.0919. The molecule has 2 heterocycles. The van der Waals surface area contributed by atoms with E-state index in [0.29, 0.717) is 18.2 Å². The molecule has 0 fully saturated rings. The number of amides is 1. The fraction of sp³-hybridized carbons (Fsp3) is 0.480. The van der Waals surface area contributed by atoms with Crippen LogP contribution in [0.3, 0.4) is 0 Å². The van der Waals surface area contributed by atoms with Crippen LogP contribution in [0.25, 0.3) is 0 Å². The van der Waals surface area contributed by atoms with Crippen molar-refractivity contribution in [3.63, 3.8) is 0 Å². The van der Waals surface area contributed by atoms with Crippen LogP contribution in [0, 0.1) is 0 Å². The van der Waals surface area contributed by atoms with E-state index >= 15 is 0 Å². The molecule has 2 aliphatic heterocycles. The Morgan fingerprint density at radius 3 is 2.77 bits per heavy atom. The van der Waals surface area contributed by atoms with Crippen LogP contribution in [0.1, 0.15) is 53.7 Å². The van der Waals surface area contributed by atoms with Crippen molar-refractivity contribution in [3.8, 4) is 5.75 Å². The van der Waals surface area contributed by atoms with Crippen molar-refractivity contribution in [1.82, 2.24) is 10.2 Å². The summed E-state index contributed by atoms with van der Waals surface area (Å²) in [4.78, 5) is 16.8. The predicted molar refractivity (Wildman–Crippen MR) is 124 cm³/mol. The molecule has 0 radical (unpaired) electrons. The SMILES string of the molecule is CCCCN1Cc2ccccc2C[C@H]1CNC(=O)c1cc(SC)cc2c1O[C@H](C)C2. The van der Waals surface area contributed by atoms with E-state index in [1.165, 1.54) is 24.0 Å². The van der Waals surface area contributed by atoms with Crippen LogP contribution in [0.15, 0.2) is 41.3 Å². The summed E-state index contributed by atoms with van der Waals surface area (Å²) in [7, 11) is 0. The zero-order valence-corrected chi connectivity index (χ0v) is 19.1. The Kier molecular flexibility index (Phi) is 6.69. The maximum absolute atomic E-state index is 13.2. The first-order valence-electron chi connectivity index (χ1n) is 11.1. The minimum Gasteiger partial charge on any atom is -0.489 e. The topological polar surface area (TPSA) is 41.6 Å². The second kappa shape index (κ2) is 9.44. The van der Waals surface area contributed by atoms with E-state index in [4.69, 9.17) is 4.74 Å². The summed E-state index contributed by atoms with van der Waals surface area (Å²) in [6, 6.07) is 13.2. The summed E-state index contributed by atoms with van der Waals surface area (Å²) in [5, 5.41) is 3.23. The molecule has 1 amide bonds. The monoisotopic (exact) mass is 424 g/mol. The largest absolute Gasteiger partial charge is 0.489 e. The Morgan fingerprint density at radius 1 is 1.20 bits per heavy atom. The smallest absolute Gasteiger partial charge is 0.255 e. The average molecular weight is 425 g/mol. The van der Waals surface area contributed by atoms with Crippen LogP contribution in [0.2, 0.25) is 0 Å². The Hall–Kier alpha value is -1.98. The normalized spacial score (nSPS) is 20.4. The molecule has 0 aromatic heterocycles. The average Bonchev–Trinajstić information content (AvgIpc) is 3.14. The highest BCUT2D eigenvalue weighted by Gasteiger charge is 2.29. The standard InChI is InChI=1S/C25H32N2O2S/c1-4-5-10-27-16-19-9-7-6-8-18(19)12-21(27)15-26-25(28)23-14-22(30-3)13-20-11-17(2)29-24(20)23/h6-9,13-14,17,21H,4-5,10-12,15-16H2,1-3H3,(H,26,28)/t17-,21+/m1/s1. The molecular formula is C25H32N2O2S. The fourth-order valence-corrected chi connectivity index (χ4v) is 5.06. The van der Waals surface area contributed by atoms with Gasteiger partial charge in [0.25, 0.3) is 5.91 Å². The number of nitrogens with zero attached hydrogens (tertiary/aromatic N) is 1. The van der Waals surface area contributed by atoms with Gasteiger partial charge in [0, 0.05) is 30.4 Å². The first kappa shape index (κ1) is 21.3. The number of rotatable bonds is 7. The first-order valence-corrected chi connectivity index (χ1v) is 12.3. The zero-order chi connectivity index (χ0) is 21.1. The highest BCUT2D eigenvalue weighted by atomic mass is 32.2. The molecule has 160 valence electrons. The van der Waals surface area contributed by atoms with Crippen LogP contribution >= 0.6 is 11.8 Å². The molecule has 0 spiro atoms. The number of hydrogen-bond acceptors (Lipinski definition) is 4. The third kappa shape index (κ3) is 4.52. The summed E-state index contributed by atoms with van der Waals surface area (Å²) >= 11 is 1.67. The van der Waals surface area contributed by atoms with E-state index < -0.39 is 0 Å². The molecule has 0 aliphatic carbocycles. The van der Waals surface area contributed by atoms with Gasteiger partial charge in [-0.25, -0.2) is 0 Å². The maximum atomic E-state index is 13.2. The molecule has 4 nitrogen and oxygen atoms in total. The van der Waals surface area contributed by atoms with Gasteiger partial charge in [-0.15, -0.1) is 11.8 Å². The third-order valence-corrected chi connectivity index (χ3v) is 6.91. The molecule has 1 N–H and O–H groups in total. The number of ether oxygens (including phenoxy) is 1. The van der Waals surface area contributed by atoms with Crippen LogP contribution in [0.4, 0.5) is 0 Å². The summed E-state index contributed by atoms with van der Waals surface area (Å²) in [5.74, 6) is 0.750. The van der Waals surface area contributed by atoms with E-state index in [1.807, 2.05) is 12.3 Å². The van der Waals surface area contributed by atoms with E-state index in [-0.39, 0.29) is 12.0 Å². The number of hydrogen-bond donors (Lipinski definition) is 1. The molecule has 0 unspecified atom stereocenters. The molecule has 2 aromatic rings. The molecule has 0 bridgehead atoms. The third-order valence-electron chi connectivity index (χ3n) is 6.21. The van der Waals surface area contributed by atoms with Crippen LogP contribution < -0.4 is 10.1 Å². The van der Waals surface area contributed by atoms with E-state index in [0.717, 1.165) is 42.1 Å². The Balaban J connectivity index is 1.49.